The molecule has 1 fully saturated rings. The zero-order valence-corrected chi connectivity index (χ0v) is 12.6. The predicted molar refractivity (Wildman–Crippen MR) is 83.4 cm³/mol. The Kier molecular flexibility index (Phi) is 5.45. The third-order valence-electron chi connectivity index (χ3n) is 5.19. The molecule has 0 saturated heterocycles. The van der Waals surface area contributed by atoms with Crippen molar-refractivity contribution in [1.82, 2.24) is 5.32 Å². The smallest absolute Gasteiger partial charge is 0.0120 e. The molecule has 1 saturated carbocycles. The lowest BCUT2D eigenvalue weighted by Crippen LogP contribution is -2.41. The molecule has 1 aliphatic carbocycles. The second kappa shape index (κ2) is 7.09. The molecule has 19 heavy (non-hydrogen) atoms. The molecular weight excluding hydrogens is 230 g/mol. The van der Waals surface area contributed by atoms with E-state index in [2.05, 4.69) is 49.6 Å². The fourth-order valence-electron chi connectivity index (χ4n) is 3.94. The maximum atomic E-state index is 3.62. The minimum atomic E-state index is 0.589. The Balaban J connectivity index is 1.85. The van der Waals surface area contributed by atoms with Crippen molar-refractivity contribution in [3.63, 3.8) is 0 Å². The Labute approximate surface area is 118 Å². The standard InChI is InChI=1S/C18H29N/c1-3-18(14-7-8-15-18)17(19-2)13-9-12-16-10-5-4-6-11-16/h4-6,10-11,17,19H,3,7-9,12-15H2,1-2H3. The van der Waals surface area contributed by atoms with Gasteiger partial charge in [0.05, 0.1) is 0 Å². The van der Waals surface area contributed by atoms with Crippen LogP contribution in [-0.2, 0) is 6.42 Å². The topological polar surface area (TPSA) is 12.0 Å². The summed E-state index contributed by atoms with van der Waals surface area (Å²) in [6, 6.07) is 11.6. The van der Waals surface area contributed by atoms with Gasteiger partial charge in [0, 0.05) is 6.04 Å². The van der Waals surface area contributed by atoms with Crippen LogP contribution < -0.4 is 5.32 Å². The first-order chi connectivity index (χ1) is 9.30. The van der Waals surface area contributed by atoms with Crippen molar-refractivity contribution >= 4 is 0 Å². The van der Waals surface area contributed by atoms with E-state index >= 15 is 0 Å². The lowest BCUT2D eigenvalue weighted by atomic mass is 9.74. The van der Waals surface area contributed by atoms with E-state index in [1.54, 1.807) is 0 Å². The van der Waals surface area contributed by atoms with Crippen LogP contribution in [0, 0.1) is 5.41 Å². The van der Waals surface area contributed by atoms with Gasteiger partial charge in [-0.05, 0) is 56.6 Å². The maximum absolute atomic E-state index is 3.62. The van der Waals surface area contributed by atoms with E-state index < -0.39 is 0 Å². The van der Waals surface area contributed by atoms with Gasteiger partial charge in [0.2, 0.25) is 0 Å². The van der Waals surface area contributed by atoms with Crippen LogP contribution in [-0.4, -0.2) is 13.1 Å². The van der Waals surface area contributed by atoms with Crippen LogP contribution in [0.15, 0.2) is 30.3 Å². The fraction of sp³-hybridized carbons (Fsp3) is 0.667. The molecule has 1 N–H and O–H groups in total. The Morgan fingerprint density at radius 2 is 1.84 bits per heavy atom. The second-order valence-electron chi connectivity index (χ2n) is 6.14. The highest BCUT2D eigenvalue weighted by Gasteiger charge is 2.38. The highest BCUT2D eigenvalue weighted by molar-refractivity contribution is 5.14. The van der Waals surface area contributed by atoms with Gasteiger partial charge < -0.3 is 5.32 Å². The van der Waals surface area contributed by atoms with Gasteiger partial charge in [-0.15, -0.1) is 0 Å². The van der Waals surface area contributed by atoms with Crippen LogP contribution in [0.25, 0.3) is 0 Å². The summed E-state index contributed by atoms with van der Waals surface area (Å²) < 4.78 is 0. The molecule has 1 aromatic rings. The van der Waals surface area contributed by atoms with Gasteiger partial charge in [-0.25, -0.2) is 0 Å². The number of hydrogen-bond acceptors (Lipinski definition) is 1. The van der Waals surface area contributed by atoms with Crippen LogP contribution in [0.3, 0.4) is 0 Å². The Morgan fingerprint density at radius 3 is 2.42 bits per heavy atom. The Bertz CT molecular complexity index is 351. The first kappa shape index (κ1) is 14.6. The molecule has 0 spiro atoms. The van der Waals surface area contributed by atoms with Gasteiger partial charge in [-0.1, -0.05) is 50.1 Å². The van der Waals surface area contributed by atoms with Gasteiger partial charge in [0.1, 0.15) is 0 Å². The molecular formula is C18H29N. The summed E-state index contributed by atoms with van der Waals surface area (Å²) in [6.45, 7) is 2.38. The van der Waals surface area contributed by atoms with Crippen molar-refractivity contribution < 1.29 is 0 Å². The van der Waals surface area contributed by atoms with Crippen molar-refractivity contribution in [1.29, 1.82) is 0 Å². The van der Waals surface area contributed by atoms with E-state index in [-0.39, 0.29) is 0 Å². The van der Waals surface area contributed by atoms with Gasteiger partial charge in [-0.2, -0.15) is 0 Å². The lowest BCUT2D eigenvalue weighted by Gasteiger charge is -2.37. The van der Waals surface area contributed by atoms with E-state index in [1.807, 2.05) is 0 Å². The third-order valence-corrected chi connectivity index (χ3v) is 5.19. The van der Waals surface area contributed by atoms with E-state index in [0.717, 1.165) is 0 Å². The number of rotatable bonds is 7. The van der Waals surface area contributed by atoms with E-state index in [0.29, 0.717) is 11.5 Å². The number of nitrogens with one attached hydrogen (secondary N) is 1. The van der Waals surface area contributed by atoms with Crippen LogP contribution >= 0.6 is 0 Å². The summed E-state index contributed by atoms with van der Waals surface area (Å²) in [6.07, 6.45) is 10.9. The SMILES string of the molecule is CCC1(C(CCCc2ccccc2)NC)CCCC1. The summed E-state index contributed by atoms with van der Waals surface area (Å²) >= 11 is 0. The third kappa shape index (κ3) is 3.60. The van der Waals surface area contributed by atoms with Gasteiger partial charge in [0.15, 0.2) is 0 Å². The van der Waals surface area contributed by atoms with Crippen LogP contribution in [0.1, 0.15) is 57.4 Å². The number of benzene rings is 1. The van der Waals surface area contributed by atoms with Crippen molar-refractivity contribution in [2.45, 2.75) is 64.3 Å². The highest BCUT2D eigenvalue weighted by Crippen LogP contribution is 2.45. The molecule has 1 nitrogen and oxygen atoms in total. The van der Waals surface area contributed by atoms with Crippen molar-refractivity contribution in [3.8, 4) is 0 Å². The fourth-order valence-corrected chi connectivity index (χ4v) is 3.94. The van der Waals surface area contributed by atoms with Crippen molar-refractivity contribution in [2.75, 3.05) is 7.05 Å². The molecule has 1 heteroatoms. The van der Waals surface area contributed by atoms with Crippen LogP contribution in [0.2, 0.25) is 0 Å². The average Bonchev–Trinajstić information content (AvgIpc) is 2.95. The molecule has 1 aromatic carbocycles. The molecule has 1 aliphatic rings. The second-order valence-corrected chi connectivity index (χ2v) is 6.14. The van der Waals surface area contributed by atoms with Gasteiger partial charge in [-0.3, -0.25) is 0 Å². The van der Waals surface area contributed by atoms with E-state index in [4.69, 9.17) is 0 Å². The Hall–Kier alpha value is -0.820. The first-order valence-corrected chi connectivity index (χ1v) is 8.02. The quantitative estimate of drug-likeness (QED) is 0.756. The summed E-state index contributed by atoms with van der Waals surface area (Å²) in [7, 11) is 2.16. The molecule has 0 aromatic heterocycles. The lowest BCUT2D eigenvalue weighted by molar-refractivity contribution is 0.182. The summed E-state index contributed by atoms with van der Waals surface area (Å²) in [5, 5.41) is 3.62. The van der Waals surface area contributed by atoms with Crippen LogP contribution in [0.4, 0.5) is 0 Å². The molecule has 1 unspecified atom stereocenters. The highest BCUT2D eigenvalue weighted by atomic mass is 14.9. The number of aryl methyl sites for hydroxylation is 1. The van der Waals surface area contributed by atoms with Crippen molar-refractivity contribution in [3.05, 3.63) is 35.9 Å². The molecule has 0 bridgehead atoms. The number of hydrogen-bond donors (Lipinski definition) is 1. The Morgan fingerprint density at radius 1 is 1.16 bits per heavy atom. The zero-order chi connectivity index (χ0) is 13.6. The molecule has 0 radical (unpaired) electrons. The molecule has 106 valence electrons. The average molecular weight is 259 g/mol. The van der Waals surface area contributed by atoms with Crippen molar-refractivity contribution in [2.24, 2.45) is 5.41 Å². The first-order valence-electron chi connectivity index (χ1n) is 8.02. The molecule has 0 heterocycles. The predicted octanol–water partition coefficient (Wildman–Crippen LogP) is 4.57. The molecule has 2 rings (SSSR count). The van der Waals surface area contributed by atoms with Gasteiger partial charge >= 0.3 is 0 Å². The van der Waals surface area contributed by atoms with E-state index in [1.165, 1.54) is 56.9 Å². The monoisotopic (exact) mass is 259 g/mol. The van der Waals surface area contributed by atoms with Crippen LogP contribution in [0.5, 0.6) is 0 Å². The van der Waals surface area contributed by atoms with E-state index in [9.17, 15) is 0 Å². The summed E-state index contributed by atoms with van der Waals surface area (Å²) in [4.78, 5) is 0. The molecule has 0 amide bonds. The van der Waals surface area contributed by atoms with Gasteiger partial charge in [0.25, 0.3) is 0 Å². The zero-order valence-electron chi connectivity index (χ0n) is 12.6. The normalized spacial score (nSPS) is 19.5. The minimum absolute atomic E-state index is 0.589. The maximum Gasteiger partial charge on any atom is 0.0120 e. The molecule has 0 aliphatic heterocycles. The minimum Gasteiger partial charge on any atom is -0.316 e. The summed E-state index contributed by atoms with van der Waals surface area (Å²) in [5.41, 5.74) is 2.07. The summed E-state index contributed by atoms with van der Waals surface area (Å²) in [5.74, 6) is 0. The largest absolute Gasteiger partial charge is 0.316 e. The molecule has 1 atom stereocenters.